The molecule has 7 heteroatoms. The van der Waals surface area contributed by atoms with E-state index >= 15 is 0 Å². The highest BCUT2D eigenvalue weighted by atomic mass is 16.2. The molecule has 1 unspecified atom stereocenters. The lowest BCUT2D eigenvalue weighted by molar-refractivity contribution is -0.136. The van der Waals surface area contributed by atoms with Crippen LogP contribution in [0.5, 0.6) is 0 Å². The van der Waals surface area contributed by atoms with Crippen molar-refractivity contribution in [2.45, 2.75) is 52.6 Å². The average molecular weight is 389 g/mol. The third-order valence-corrected chi connectivity index (χ3v) is 5.22. The van der Waals surface area contributed by atoms with Crippen molar-refractivity contribution in [2.24, 2.45) is 0 Å². The first-order valence-corrected chi connectivity index (χ1v) is 10.1. The molecule has 3 amide bonds. The van der Waals surface area contributed by atoms with Gasteiger partial charge in [-0.15, -0.1) is 0 Å². The Balaban J connectivity index is 1.82. The van der Waals surface area contributed by atoms with Gasteiger partial charge in [-0.3, -0.25) is 19.3 Å². The number of likely N-dealkylation sites (tertiary alicyclic amines) is 1. The minimum Gasteiger partial charge on any atom is -0.347 e. The van der Waals surface area contributed by atoms with Crippen molar-refractivity contribution in [3.8, 4) is 0 Å². The number of amides is 3. The Labute approximate surface area is 167 Å². The maximum atomic E-state index is 12.2. The quantitative estimate of drug-likeness (QED) is 0.700. The number of nitrogens with one attached hydrogen (secondary N) is 2. The fourth-order valence-corrected chi connectivity index (χ4v) is 3.48. The first-order valence-electron chi connectivity index (χ1n) is 10.1. The highest BCUT2D eigenvalue weighted by Gasteiger charge is 2.19. The Morgan fingerprint density at radius 3 is 2.68 bits per heavy atom. The number of carbonyl (C=O) groups excluding carboxylic acids is 3. The number of anilines is 1. The summed E-state index contributed by atoms with van der Waals surface area (Å²) in [6, 6.07) is 7.73. The minimum absolute atomic E-state index is 0.000611. The molecule has 0 radical (unpaired) electrons. The highest BCUT2D eigenvalue weighted by Crippen LogP contribution is 2.15. The Morgan fingerprint density at radius 1 is 1.21 bits per heavy atom. The molecule has 1 heterocycles. The summed E-state index contributed by atoms with van der Waals surface area (Å²) in [4.78, 5) is 39.8. The Kier molecular flexibility index (Phi) is 8.44. The number of carbonyl (C=O) groups is 3. The summed E-state index contributed by atoms with van der Waals surface area (Å²) in [5.41, 5.74) is 1.44. The van der Waals surface area contributed by atoms with Crippen LogP contribution in [0.3, 0.4) is 0 Å². The molecule has 0 spiro atoms. The molecule has 1 saturated heterocycles. The molecular formula is C21H32N4O3. The summed E-state index contributed by atoms with van der Waals surface area (Å²) in [7, 11) is 0. The molecule has 0 bridgehead atoms. The first kappa shape index (κ1) is 21.9. The molecule has 1 fully saturated rings. The molecule has 0 aromatic heterocycles. The van der Waals surface area contributed by atoms with Crippen molar-refractivity contribution in [1.29, 1.82) is 0 Å². The molecule has 2 N–H and O–H groups in total. The summed E-state index contributed by atoms with van der Waals surface area (Å²) in [6.45, 7) is 9.00. The predicted molar refractivity (Wildman–Crippen MR) is 110 cm³/mol. The molecule has 0 saturated carbocycles. The Morgan fingerprint density at radius 2 is 2.00 bits per heavy atom. The van der Waals surface area contributed by atoms with E-state index in [9.17, 15) is 14.4 Å². The van der Waals surface area contributed by atoms with Gasteiger partial charge in [-0.2, -0.15) is 0 Å². The monoisotopic (exact) mass is 388 g/mol. The average Bonchev–Trinajstić information content (AvgIpc) is 2.67. The van der Waals surface area contributed by atoms with Crippen LogP contribution in [0.25, 0.3) is 0 Å². The van der Waals surface area contributed by atoms with Gasteiger partial charge >= 0.3 is 11.8 Å². The molecule has 7 nitrogen and oxygen atoms in total. The van der Waals surface area contributed by atoms with Gasteiger partial charge in [-0.1, -0.05) is 18.6 Å². The van der Waals surface area contributed by atoms with Gasteiger partial charge < -0.3 is 15.5 Å². The van der Waals surface area contributed by atoms with Crippen LogP contribution in [0.4, 0.5) is 5.69 Å². The lowest BCUT2D eigenvalue weighted by atomic mass is 10.0. The van der Waals surface area contributed by atoms with E-state index in [2.05, 4.69) is 22.5 Å². The molecule has 2 rings (SSSR count). The summed E-state index contributed by atoms with van der Waals surface area (Å²) >= 11 is 0. The van der Waals surface area contributed by atoms with Gasteiger partial charge in [-0.25, -0.2) is 0 Å². The zero-order chi connectivity index (χ0) is 20.5. The van der Waals surface area contributed by atoms with Crippen molar-refractivity contribution in [3.63, 3.8) is 0 Å². The van der Waals surface area contributed by atoms with Crippen LogP contribution in [0.1, 0.15) is 45.6 Å². The van der Waals surface area contributed by atoms with Crippen LogP contribution in [-0.2, 0) is 20.9 Å². The topological polar surface area (TPSA) is 81.8 Å². The summed E-state index contributed by atoms with van der Waals surface area (Å²) in [5.74, 6) is -1.31. The molecule has 0 aliphatic carbocycles. The summed E-state index contributed by atoms with van der Waals surface area (Å²) in [5, 5.41) is 5.33. The van der Waals surface area contributed by atoms with E-state index in [-0.39, 0.29) is 5.91 Å². The number of nitrogens with zero attached hydrogens (tertiary/aromatic N) is 2. The van der Waals surface area contributed by atoms with Crippen LogP contribution >= 0.6 is 0 Å². The smallest absolute Gasteiger partial charge is 0.313 e. The predicted octanol–water partition coefficient (Wildman–Crippen LogP) is 1.98. The van der Waals surface area contributed by atoms with Crippen LogP contribution in [0, 0.1) is 0 Å². The van der Waals surface area contributed by atoms with Gasteiger partial charge in [0.2, 0.25) is 5.91 Å². The zero-order valence-corrected chi connectivity index (χ0v) is 17.2. The van der Waals surface area contributed by atoms with Gasteiger partial charge in [0.15, 0.2) is 0 Å². The fourth-order valence-electron chi connectivity index (χ4n) is 3.48. The molecular weight excluding hydrogens is 356 g/mol. The number of hydrogen-bond donors (Lipinski definition) is 2. The van der Waals surface area contributed by atoms with Gasteiger partial charge in [0, 0.05) is 44.8 Å². The van der Waals surface area contributed by atoms with Crippen molar-refractivity contribution >= 4 is 23.4 Å². The van der Waals surface area contributed by atoms with Crippen molar-refractivity contribution in [2.75, 3.05) is 31.5 Å². The molecule has 1 aliphatic heterocycles. The van der Waals surface area contributed by atoms with Gasteiger partial charge in [0.25, 0.3) is 0 Å². The summed E-state index contributed by atoms with van der Waals surface area (Å²) in [6.07, 6.45) is 3.63. The normalized spacial score (nSPS) is 17.0. The Bertz CT molecular complexity index is 692. The lowest BCUT2D eigenvalue weighted by Crippen LogP contribution is -2.44. The summed E-state index contributed by atoms with van der Waals surface area (Å²) < 4.78 is 0. The van der Waals surface area contributed by atoms with Gasteiger partial charge in [-0.05, 0) is 50.9 Å². The number of rotatable bonds is 7. The fraction of sp³-hybridized carbons (Fsp3) is 0.571. The van der Waals surface area contributed by atoms with Crippen LogP contribution in [-0.4, -0.2) is 59.7 Å². The molecule has 1 atom stereocenters. The highest BCUT2D eigenvalue weighted by molar-refractivity contribution is 6.39. The second-order valence-corrected chi connectivity index (χ2v) is 7.32. The van der Waals surface area contributed by atoms with Crippen molar-refractivity contribution < 1.29 is 14.4 Å². The van der Waals surface area contributed by atoms with Crippen molar-refractivity contribution in [3.05, 3.63) is 29.8 Å². The van der Waals surface area contributed by atoms with Gasteiger partial charge in [0.05, 0.1) is 0 Å². The molecule has 1 aliphatic rings. The third-order valence-electron chi connectivity index (χ3n) is 5.22. The van der Waals surface area contributed by atoms with Gasteiger partial charge in [0.1, 0.15) is 0 Å². The number of piperidine rings is 1. The number of hydrogen-bond acceptors (Lipinski definition) is 4. The van der Waals surface area contributed by atoms with E-state index < -0.39 is 11.8 Å². The standard InChI is InChI=1S/C21H32N4O3/c1-4-24(17(3)26)15-18-9-7-10-19(14-18)23-21(28)20(27)22-11-13-25-12-6-5-8-16(25)2/h7,9-10,14,16H,4-6,8,11-13,15H2,1-3H3,(H,22,27)(H,23,28). The van der Waals surface area contributed by atoms with E-state index in [0.717, 1.165) is 18.7 Å². The van der Waals surface area contributed by atoms with E-state index in [1.807, 2.05) is 13.0 Å². The molecule has 154 valence electrons. The van der Waals surface area contributed by atoms with E-state index in [1.165, 1.54) is 26.2 Å². The minimum atomic E-state index is -0.678. The third kappa shape index (κ3) is 6.64. The number of benzene rings is 1. The SMILES string of the molecule is CCN(Cc1cccc(NC(=O)C(=O)NCCN2CCCCC2C)c1)C(C)=O. The van der Waals surface area contributed by atoms with Crippen LogP contribution in [0.15, 0.2) is 24.3 Å². The van der Waals surface area contributed by atoms with Crippen molar-refractivity contribution in [1.82, 2.24) is 15.1 Å². The maximum absolute atomic E-state index is 12.2. The molecule has 1 aromatic rings. The van der Waals surface area contributed by atoms with E-state index in [0.29, 0.717) is 31.4 Å². The second kappa shape index (κ2) is 10.8. The Hall–Kier alpha value is -2.41. The first-order chi connectivity index (χ1) is 13.4. The van der Waals surface area contributed by atoms with E-state index in [4.69, 9.17) is 0 Å². The van der Waals surface area contributed by atoms with Crippen LogP contribution in [0.2, 0.25) is 0 Å². The second-order valence-electron chi connectivity index (χ2n) is 7.32. The maximum Gasteiger partial charge on any atom is 0.313 e. The molecule has 28 heavy (non-hydrogen) atoms. The molecule has 1 aromatic carbocycles. The zero-order valence-electron chi connectivity index (χ0n) is 17.2. The van der Waals surface area contributed by atoms with E-state index in [1.54, 1.807) is 23.1 Å². The largest absolute Gasteiger partial charge is 0.347 e. The van der Waals surface area contributed by atoms with Crippen LogP contribution < -0.4 is 10.6 Å². The lowest BCUT2D eigenvalue weighted by Gasteiger charge is -2.33.